The first-order chi connectivity index (χ1) is 9.22. The molecule has 0 saturated heterocycles. The van der Waals surface area contributed by atoms with Gasteiger partial charge in [-0.2, -0.15) is 0 Å². The smallest absolute Gasteiger partial charge is 0.119 e. The number of phenols is 1. The van der Waals surface area contributed by atoms with Gasteiger partial charge in [0.2, 0.25) is 0 Å². The van der Waals surface area contributed by atoms with Gasteiger partial charge in [-0.25, -0.2) is 0 Å². The molecule has 0 aliphatic carbocycles. The Kier molecular flexibility index (Phi) is 4.42. The molecule has 2 rings (SSSR count). The van der Waals surface area contributed by atoms with E-state index in [0.717, 1.165) is 17.7 Å². The minimum atomic E-state index is 0.243. The number of methoxy groups -OCH3 is 1. The average molecular weight is 257 g/mol. The van der Waals surface area contributed by atoms with E-state index in [9.17, 15) is 5.11 Å². The lowest BCUT2D eigenvalue weighted by atomic mass is 9.92. The minimum absolute atomic E-state index is 0.243. The summed E-state index contributed by atoms with van der Waals surface area (Å²) in [4.78, 5) is 0. The Morgan fingerprint density at radius 1 is 1.16 bits per heavy atom. The number of benzene rings is 2. The van der Waals surface area contributed by atoms with Crippen LogP contribution in [0.5, 0.6) is 11.5 Å². The van der Waals surface area contributed by atoms with Gasteiger partial charge >= 0.3 is 0 Å². The summed E-state index contributed by atoms with van der Waals surface area (Å²) in [5.41, 5.74) is 8.21. The van der Waals surface area contributed by atoms with Gasteiger partial charge in [0.15, 0.2) is 0 Å². The second kappa shape index (κ2) is 6.25. The third-order valence-electron chi connectivity index (χ3n) is 3.27. The summed E-state index contributed by atoms with van der Waals surface area (Å²) in [7, 11) is 1.67. The number of hydrogen-bond acceptors (Lipinski definition) is 3. The molecule has 100 valence electrons. The Morgan fingerprint density at radius 2 is 1.89 bits per heavy atom. The van der Waals surface area contributed by atoms with Crippen LogP contribution in [0.2, 0.25) is 0 Å². The minimum Gasteiger partial charge on any atom is -0.508 e. The maximum Gasteiger partial charge on any atom is 0.119 e. The lowest BCUT2D eigenvalue weighted by Gasteiger charge is -2.16. The topological polar surface area (TPSA) is 55.5 Å². The third kappa shape index (κ3) is 3.48. The Bertz CT molecular complexity index is 523. The van der Waals surface area contributed by atoms with E-state index in [1.165, 1.54) is 5.56 Å². The van der Waals surface area contributed by atoms with Crippen molar-refractivity contribution in [3.63, 3.8) is 0 Å². The molecule has 0 amide bonds. The molecule has 0 spiro atoms. The number of rotatable bonds is 5. The number of aromatic hydroxyl groups is 1. The fourth-order valence-electron chi connectivity index (χ4n) is 2.17. The van der Waals surface area contributed by atoms with Crippen molar-refractivity contribution in [3.8, 4) is 11.5 Å². The lowest BCUT2D eigenvalue weighted by Crippen LogP contribution is -2.15. The number of phenolic OH excluding ortho intramolecular Hbond substituents is 1. The van der Waals surface area contributed by atoms with Crippen molar-refractivity contribution < 1.29 is 9.84 Å². The molecule has 0 bridgehead atoms. The lowest BCUT2D eigenvalue weighted by molar-refractivity contribution is 0.414. The highest BCUT2D eigenvalue weighted by atomic mass is 16.5. The van der Waals surface area contributed by atoms with Crippen LogP contribution in [0.3, 0.4) is 0 Å². The van der Waals surface area contributed by atoms with E-state index in [4.69, 9.17) is 10.5 Å². The van der Waals surface area contributed by atoms with Crippen LogP contribution < -0.4 is 10.5 Å². The van der Waals surface area contributed by atoms with Gasteiger partial charge in [0, 0.05) is 5.92 Å². The van der Waals surface area contributed by atoms with Crippen molar-refractivity contribution in [3.05, 3.63) is 59.7 Å². The van der Waals surface area contributed by atoms with E-state index in [1.54, 1.807) is 19.2 Å². The normalized spacial score (nSPS) is 12.1. The molecular formula is C16H19NO2. The molecule has 3 nitrogen and oxygen atoms in total. The Labute approximate surface area is 113 Å². The van der Waals surface area contributed by atoms with Crippen LogP contribution in [0.25, 0.3) is 0 Å². The van der Waals surface area contributed by atoms with E-state index in [-0.39, 0.29) is 11.7 Å². The number of nitrogens with two attached hydrogens (primary N) is 1. The second-order valence-electron chi connectivity index (χ2n) is 4.58. The SMILES string of the molecule is COc1cccc(CC(CN)c2ccc(O)cc2)c1. The number of hydrogen-bond donors (Lipinski definition) is 2. The van der Waals surface area contributed by atoms with Gasteiger partial charge in [-0.1, -0.05) is 24.3 Å². The largest absolute Gasteiger partial charge is 0.508 e. The van der Waals surface area contributed by atoms with Crippen molar-refractivity contribution in [1.29, 1.82) is 0 Å². The molecule has 0 aromatic heterocycles. The van der Waals surface area contributed by atoms with Gasteiger partial charge in [-0.05, 0) is 48.4 Å². The van der Waals surface area contributed by atoms with Crippen LogP contribution in [0, 0.1) is 0 Å². The van der Waals surface area contributed by atoms with Crippen molar-refractivity contribution in [2.75, 3.05) is 13.7 Å². The fourth-order valence-corrected chi connectivity index (χ4v) is 2.17. The third-order valence-corrected chi connectivity index (χ3v) is 3.27. The molecule has 2 aromatic rings. The van der Waals surface area contributed by atoms with Crippen LogP contribution in [-0.4, -0.2) is 18.8 Å². The van der Waals surface area contributed by atoms with Crippen LogP contribution in [0.4, 0.5) is 0 Å². The van der Waals surface area contributed by atoms with Gasteiger partial charge in [0.25, 0.3) is 0 Å². The highest BCUT2D eigenvalue weighted by Crippen LogP contribution is 2.23. The highest BCUT2D eigenvalue weighted by molar-refractivity contribution is 5.33. The van der Waals surface area contributed by atoms with Crippen LogP contribution >= 0.6 is 0 Å². The first-order valence-electron chi connectivity index (χ1n) is 6.35. The summed E-state index contributed by atoms with van der Waals surface area (Å²) in [6.45, 7) is 0.571. The first kappa shape index (κ1) is 13.4. The quantitative estimate of drug-likeness (QED) is 0.866. The zero-order valence-corrected chi connectivity index (χ0v) is 11.0. The highest BCUT2D eigenvalue weighted by Gasteiger charge is 2.11. The predicted octanol–water partition coefficient (Wildman–Crippen LogP) is 2.69. The predicted molar refractivity (Wildman–Crippen MR) is 76.6 cm³/mol. The summed E-state index contributed by atoms with van der Waals surface area (Å²) >= 11 is 0. The summed E-state index contributed by atoms with van der Waals surface area (Å²) in [5.74, 6) is 1.38. The molecule has 0 fully saturated rings. The molecule has 0 radical (unpaired) electrons. The molecule has 19 heavy (non-hydrogen) atoms. The van der Waals surface area contributed by atoms with Crippen LogP contribution in [-0.2, 0) is 6.42 Å². The summed E-state index contributed by atoms with van der Waals surface area (Å²) in [5, 5.41) is 9.32. The Hall–Kier alpha value is -2.00. The van der Waals surface area contributed by atoms with Crippen molar-refractivity contribution in [2.24, 2.45) is 5.73 Å². The molecule has 0 saturated carbocycles. The molecule has 0 aliphatic heterocycles. The van der Waals surface area contributed by atoms with Crippen molar-refractivity contribution >= 4 is 0 Å². The van der Waals surface area contributed by atoms with Crippen molar-refractivity contribution in [2.45, 2.75) is 12.3 Å². The molecule has 3 heteroatoms. The van der Waals surface area contributed by atoms with Crippen LogP contribution in [0.1, 0.15) is 17.0 Å². The molecule has 0 aliphatic rings. The molecule has 1 unspecified atom stereocenters. The molecule has 2 aromatic carbocycles. The standard InChI is InChI=1S/C16H19NO2/c1-19-16-4-2-3-12(10-16)9-14(11-17)13-5-7-15(18)8-6-13/h2-8,10,14,18H,9,11,17H2,1H3. The maximum absolute atomic E-state index is 9.32. The molecular weight excluding hydrogens is 238 g/mol. The van der Waals surface area contributed by atoms with Crippen molar-refractivity contribution in [1.82, 2.24) is 0 Å². The zero-order chi connectivity index (χ0) is 13.7. The van der Waals surface area contributed by atoms with Gasteiger partial charge in [0.05, 0.1) is 7.11 Å². The average Bonchev–Trinajstić information content (AvgIpc) is 2.46. The fraction of sp³-hybridized carbons (Fsp3) is 0.250. The summed E-state index contributed by atoms with van der Waals surface area (Å²) in [6, 6.07) is 15.3. The second-order valence-corrected chi connectivity index (χ2v) is 4.58. The van der Waals surface area contributed by atoms with E-state index >= 15 is 0 Å². The number of ether oxygens (including phenoxy) is 1. The molecule has 0 heterocycles. The van der Waals surface area contributed by atoms with Gasteiger partial charge < -0.3 is 15.6 Å². The van der Waals surface area contributed by atoms with E-state index in [0.29, 0.717) is 6.54 Å². The van der Waals surface area contributed by atoms with E-state index in [2.05, 4.69) is 6.07 Å². The summed E-state index contributed by atoms with van der Waals surface area (Å²) < 4.78 is 5.23. The zero-order valence-electron chi connectivity index (χ0n) is 11.0. The maximum atomic E-state index is 9.32. The summed E-state index contributed by atoms with van der Waals surface area (Å²) in [6.07, 6.45) is 0.860. The molecule has 3 N–H and O–H groups in total. The first-order valence-corrected chi connectivity index (χ1v) is 6.35. The van der Waals surface area contributed by atoms with E-state index in [1.807, 2.05) is 30.3 Å². The van der Waals surface area contributed by atoms with Gasteiger partial charge in [0.1, 0.15) is 11.5 Å². The van der Waals surface area contributed by atoms with Gasteiger partial charge in [-0.3, -0.25) is 0 Å². The monoisotopic (exact) mass is 257 g/mol. The van der Waals surface area contributed by atoms with E-state index < -0.39 is 0 Å². The van der Waals surface area contributed by atoms with Crippen LogP contribution in [0.15, 0.2) is 48.5 Å². The van der Waals surface area contributed by atoms with Gasteiger partial charge in [-0.15, -0.1) is 0 Å². The molecule has 1 atom stereocenters. The Balaban J connectivity index is 2.16. The Morgan fingerprint density at radius 3 is 2.53 bits per heavy atom.